The molecule has 2 aromatic rings. The van der Waals surface area contributed by atoms with Gasteiger partial charge in [-0.1, -0.05) is 34.1 Å². The monoisotopic (exact) mass is 349 g/mol. The van der Waals surface area contributed by atoms with Gasteiger partial charge in [0.05, 0.1) is 6.10 Å². The van der Waals surface area contributed by atoms with Crippen molar-refractivity contribution < 1.29 is 14.6 Å². The predicted octanol–water partition coefficient (Wildman–Crippen LogP) is 3.52. The first-order chi connectivity index (χ1) is 10.1. The topological polar surface area (TPSA) is 58.6 Å². The van der Waals surface area contributed by atoms with Gasteiger partial charge in [0, 0.05) is 15.7 Å². The molecule has 0 saturated heterocycles. The molecule has 1 unspecified atom stereocenters. The summed E-state index contributed by atoms with van der Waals surface area (Å²) in [5.74, 6) is 0.260. The fourth-order valence-electron chi connectivity index (χ4n) is 1.83. The first-order valence-corrected chi connectivity index (χ1v) is 7.31. The maximum Gasteiger partial charge on any atom is 0.262 e. The van der Waals surface area contributed by atoms with Crippen LogP contribution >= 0.6 is 15.9 Å². The van der Waals surface area contributed by atoms with Gasteiger partial charge in [0.25, 0.3) is 5.91 Å². The highest BCUT2D eigenvalue weighted by Gasteiger charge is 2.10. The number of hydrogen-bond donors (Lipinski definition) is 2. The van der Waals surface area contributed by atoms with Crippen molar-refractivity contribution in [2.45, 2.75) is 13.0 Å². The number of hydrogen-bond acceptors (Lipinski definition) is 3. The number of anilines is 1. The Bertz CT molecular complexity index is 611. The third kappa shape index (κ3) is 4.58. The van der Waals surface area contributed by atoms with E-state index in [9.17, 15) is 9.90 Å². The molecule has 0 spiro atoms. The van der Waals surface area contributed by atoms with Crippen molar-refractivity contribution in [3.05, 3.63) is 58.6 Å². The van der Waals surface area contributed by atoms with Gasteiger partial charge < -0.3 is 15.2 Å². The highest BCUT2D eigenvalue weighted by molar-refractivity contribution is 9.10. The first-order valence-electron chi connectivity index (χ1n) is 6.51. The van der Waals surface area contributed by atoms with Crippen molar-refractivity contribution in [2.24, 2.45) is 0 Å². The molecule has 0 aliphatic heterocycles. The average molecular weight is 350 g/mol. The maximum absolute atomic E-state index is 11.8. The molecule has 2 N–H and O–H groups in total. The Hall–Kier alpha value is -1.85. The molecule has 0 aromatic heterocycles. The molecule has 0 radical (unpaired) electrons. The smallest absolute Gasteiger partial charge is 0.262 e. The Labute approximate surface area is 131 Å². The fourth-order valence-corrected chi connectivity index (χ4v) is 2.10. The minimum Gasteiger partial charge on any atom is -0.483 e. The standard InChI is InChI=1S/C16H16BrNO3/c1-11(19)14-4-2-3-5-15(14)21-10-16(20)18-13-8-6-12(17)7-9-13/h2-9,11,19H,10H2,1H3,(H,18,20). The Kier molecular flexibility index (Phi) is 5.36. The van der Waals surface area contributed by atoms with E-state index in [0.29, 0.717) is 17.0 Å². The van der Waals surface area contributed by atoms with Crippen LogP contribution in [0.4, 0.5) is 5.69 Å². The van der Waals surface area contributed by atoms with Gasteiger partial charge in [0.15, 0.2) is 6.61 Å². The summed E-state index contributed by atoms with van der Waals surface area (Å²) in [6.07, 6.45) is -0.643. The molecule has 0 bridgehead atoms. The fraction of sp³-hybridized carbons (Fsp3) is 0.188. The second kappa shape index (κ2) is 7.24. The molecule has 0 heterocycles. The zero-order chi connectivity index (χ0) is 15.2. The van der Waals surface area contributed by atoms with Gasteiger partial charge in [-0.3, -0.25) is 4.79 Å². The molecule has 4 nitrogen and oxygen atoms in total. The van der Waals surface area contributed by atoms with E-state index in [2.05, 4.69) is 21.2 Å². The second-order valence-electron chi connectivity index (χ2n) is 4.56. The van der Waals surface area contributed by atoms with Gasteiger partial charge in [0.1, 0.15) is 5.75 Å². The number of benzene rings is 2. The van der Waals surface area contributed by atoms with Gasteiger partial charge in [-0.2, -0.15) is 0 Å². The lowest BCUT2D eigenvalue weighted by Crippen LogP contribution is -2.20. The molecule has 0 aliphatic rings. The normalized spacial score (nSPS) is 11.8. The summed E-state index contributed by atoms with van der Waals surface area (Å²) < 4.78 is 6.42. The summed E-state index contributed by atoms with van der Waals surface area (Å²) in [5, 5.41) is 12.4. The molecular weight excluding hydrogens is 334 g/mol. The predicted molar refractivity (Wildman–Crippen MR) is 85.3 cm³/mol. The molecule has 0 aliphatic carbocycles. The van der Waals surface area contributed by atoms with E-state index < -0.39 is 6.10 Å². The SMILES string of the molecule is CC(O)c1ccccc1OCC(=O)Nc1ccc(Br)cc1. The van der Waals surface area contributed by atoms with Crippen LogP contribution in [0.2, 0.25) is 0 Å². The Morgan fingerprint density at radius 3 is 2.57 bits per heavy atom. The van der Waals surface area contributed by atoms with Crippen molar-refractivity contribution in [3.63, 3.8) is 0 Å². The minimum atomic E-state index is -0.643. The Balaban J connectivity index is 1.94. The second-order valence-corrected chi connectivity index (χ2v) is 5.47. The quantitative estimate of drug-likeness (QED) is 0.868. The molecule has 1 atom stereocenters. The molecule has 0 saturated carbocycles. The number of halogens is 1. The zero-order valence-corrected chi connectivity index (χ0v) is 13.1. The van der Waals surface area contributed by atoms with Crippen molar-refractivity contribution >= 4 is 27.5 Å². The first kappa shape index (κ1) is 15.5. The van der Waals surface area contributed by atoms with Crippen molar-refractivity contribution in [1.29, 1.82) is 0 Å². The summed E-state index contributed by atoms with van der Waals surface area (Å²) in [5.41, 5.74) is 1.37. The lowest BCUT2D eigenvalue weighted by atomic mass is 10.1. The van der Waals surface area contributed by atoms with E-state index in [1.54, 1.807) is 37.3 Å². The number of carbonyl (C=O) groups is 1. The van der Waals surface area contributed by atoms with Gasteiger partial charge in [-0.15, -0.1) is 0 Å². The highest BCUT2D eigenvalue weighted by atomic mass is 79.9. The number of carbonyl (C=O) groups excluding carboxylic acids is 1. The highest BCUT2D eigenvalue weighted by Crippen LogP contribution is 2.24. The van der Waals surface area contributed by atoms with Gasteiger partial charge in [-0.05, 0) is 37.3 Å². The largest absolute Gasteiger partial charge is 0.483 e. The molecule has 1 amide bonds. The number of nitrogens with one attached hydrogen (secondary N) is 1. The van der Waals surface area contributed by atoms with Crippen molar-refractivity contribution in [3.8, 4) is 5.75 Å². The number of aliphatic hydroxyl groups is 1. The third-order valence-corrected chi connectivity index (χ3v) is 3.38. The Morgan fingerprint density at radius 2 is 1.90 bits per heavy atom. The van der Waals surface area contributed by atoms with Gasteiger partial charge in [0.2, 0.25) is 0 Å². The molecular formula is C16H16BrNO3. The molecule has 21 heavy (non-hydrogen) atoms. The van der Waals surface area contributed by atoms with E-state index in [4.69, 9.17) is 4.74 Å². The van der Waals surface area contributed by atoms with E-state index in [1.807, 2.05) is 18.2 Å². The van der Waals surface area contributed by atoms with Crippen LogP contribution in [-0.2, 0) is 4.79 Å². The lowest BCUT2D eigenvalue weighted by Gasteiger charge is -2.13. The molecule has 2 aromatic carbocycles. The molecule has 5 heteroatoms. The summed E-state index contributed by atoms with van der Waals surface area (Å²) in [4.78, 5) is 11.8. The number of rotatable bonds is 5. The summed E-state index contributed by atoms with van der Waals surface area (Å²) in [6, 6.07) is 14.4. The third-order valence-electron chi connectivity index (χ3n) is 2.86. The molecule has 0 fully saturated rings. The van der Waals surface area contributed by atoms with Crippen LogP contribution in [-0.4, -0.2) is 17.6 Å². The number of para-hydroxylation sites is 1. The van der Waals surface area contributed by atoms with Crippen molar-refractivity contribution in [1.82, 2.24) is 0 Å². The van der Waals surface area contributed by atoms with Crippen molar-refractivity contribution in [2.75, 3.05) is 11.9 Å². The van der Waals surface area contributed by atoms with E-state index in [0.717, 1.165) is 4.47 Å². The summed E-state index contributed by atoms with van der Waals surface area (Å²) in [6.45, 7) is 1.55. The van der Waals surface area contributed by atoms with Crippen LogP contribution in [0.1, 0.15) is 18.6 Å². The van der Waals surface area contributed by atoms with Crippen LogP contribution in [0, 0.1) is 0 Å². The van der Waals surface area contributed by atoms with Crippen LogP contribution in [0.15, 0.2) is 53.0 Å². The number of ether oxygens (including phenoxy) is 1. The number of amides is 1. The zero-order valence-electron chi connectivity index (χ0n) is 11.5. The number of aliphatic hydroxyl groups excluding tert-OH is 1. The van der Waals surface area contributed by atoms with Crippen LogP contribution in [0.5, 0.6) is 5.75 Å². The molecule has 2 rings (SSSR count). The average Bonchev–Trinajstić information content (AvgIpc) is 2.48. The summed E-state index contributed by atoms with van der Waals surface area (Å²) in [7, 11) is 0. The Morgan fingerprint density at radius 1 is 1.24 bits per heavy atom. The van der Waals surface area contributed by atoms with Gasteiger partial charge in [-0.25, -0.2) is 0 Å². The van der Waals surface area contributed by atoms with E-state index in [1.165, 1.54) is 0 Å². The van der Waals surface area contributed by atoms with E-state index in [-0.39, 0.29) is 12.5 Å². The van der Waals surface area contributed by atoms with Crippen LogP contribution < -0.4 is 10.1 Å². The van der Waals surface area contributed by atoms with Crippen LogP contribution in [0.25, 0.3) is 0 Å². The minimum absolute atomic E-state index is 0.111. The van der Waals surface area contributed by atoms with E-state index >= 15 is 0 Å². The summed E-state index contributed by atoms with van der Waals surface area (Å²) >= 11 is 3.33. The molecule has 110 valence electrons. The van der Waals surface area contributed by atoms with Gasteiger partial charge >= 0.3 is 0 Å². The maximum atomic E-state index is 11.8. The van der Waals surface area contributed by atoms with Crippen LogP contribution in [0.3, 0.4) is 0 Å². The lowest BCUT2D eigenvalue weighted by molar-refractivity contribution is -0.118.